The van der Waals surface area contributed by atoms with Crippen LogP contribution in [0.3, 0.4) is 0 Å². The fraction of sp³-hybridized carbons (Fsp3) is 0.625. The molecule has 1 aromatic carbocycles. The largest absolute Gasteiger partial charge is 0.491 e. The Kier molecular flexibility index (Phi) is 5.12. The molecule has 1 aliphatic rings. The van der Waals surface area contributed by atoms with Gasteiger partial charge in [0.2, 0.25) is 0 Å². The second-order valence-electron chi connectivity index (χ2n) is 5.86. The van der Waals surface area contributed by atoms with E-state index in [-0.39, 0.29) is 6.10 Å². The van der Waals surface area contributed by atoms with E-state index in [1.54, 1.807) is 0 Å². The third-order valence-electron chi connectivity index (χ3n) is 3.60. The summed E-state index contributed by atoms with van der Waals surface area (Å²) >= 11 is 0. The van der Waals surface area contributed by atoms with Crippen molar-refractivity contribution < 1.29 is 9.47 Å². The molecule has 1 aromatic rings. The number of anilines is 2. The van der Waals surface area contributed by atoms with Crippen LogP contribution in [0, 0.1) is 5.92 Å². The van der Waals surface area contributed by atoms with E-state index in [1.807, 2.05) is 26.0 Å². The Balaban J connectivity index is 2.04. The van der Waals surface area contributed by atoms with Crippen molar-refractivity contribution in [3.63, 3.8) is 0 Å². The summed E-state index contributed by atoms with van der Waals surface area (Å²) in [4.78, 5) is 2.26. The maximum atomic E-state index is 5.98. The van der Waals surface area contributed by atoms with Gasteiger partial charge in [-0.2, -0.15) is 0 Å². The van der Waals surface area contributed by atoms with Gasteiger partial charge in [-0.15, -0.1) is 0 Å². The van der Waals surface area contributed by atoms with Gasteiger partial charge < -0.3 is 20.1 Å². The molecule has 0 radical (unpaired) electrons. The van der Waals surface area contributed by atoms with Crippen LogP contribution in [0.4, 0.5) is 11.4 Å². The Labute approximate surface area is 121 Å². The molecule has 2 N–H and O–H groups in total. The number of hydrogen-bond donors (Lipinski definition) is 1. The Bertz CT molecular complexity index is 428. The Morgan fingerprint density at radius 1 is 1.30 bits per heavy atom. The number of hydrogen-bond acceptors (Lipinski definition) is 4. The minimum absolute atomic E-state index is 0.158. The van der Waals surface area contributed by atoms with Crippen LogP contribution in [0.5, 0.6) is 5.75 Å². The average molecular weight is 278 g/mol. The summed E-state index contributed by atoms with van der Waals surface area (Å²) in [6.07, 6.45) is 2.44. The predicted molar refractivity (Wildman–Crippen MR) is 83.4 cm³/mol. The first kappa shape index (κ1) is 15.0. The number of nitrogens with zero attached hydrogens (tertiary/aromatic N) is 1. The quantitative estimate of drug-likeness (QED) is 0.841. The van der Waals surface area contributed by atoms with Crippen molar-refractivity contribution in [2.24, 2.45) is 5.92 Å². The summed E-state index contributed by atoms with van der Waals surface area (Å²) in [7, 11) is 2.11. The van der Waals surface area contributed by atoms with Crippen LogP contribution in [-0.2, 0) is 4.74 Å². The second-order valence-corrected chi connectivity index (χ2v) is 5.86. The van der Waals surface area contributed by atoms with E-state index in [0.717, 1.165) is 49.7 Å². The van der Waals surface area contributed by atoms with Crippen molar-refractivity contribution in [2.75, 3.05) is 37.4 Å². The normalized spacial score (nSPS) is 16.4. The first-order valence-corrected chi connectivity index (χ1v) is 7.40. The molecule has 0 aromatic heterocycles. The molecule has 2 rings (SSSR count). The number of nitrogen functional groups attached to an aromatic ring is 1. The van der Waals surface area contributed by atoms with Gasteiger partial charge in [0.05, 0.1) is 6.10 Å². The summed E-state index contributed by atoms with van der Waals surface area (Å²) in [6, 6.07) is 5.95. The Hall–Kier alpha value is -1.42. The number of ether oxygens (including phenoxy) is 2. The highest BCUT2D eigenvalue weighted by Gasteiger charge is 2.16. The van der Waals surface area contributed by atoms with Crippen LogP contribution >= 0.6 is 0 Å². The van der Waals surface area contributed by atoms with Crippen molar-refractivity contribution >= 4 is 11.4 Å². The molecule has 0 amide bonds. The summed E-state index contributed by atoms with van der Waals surface area (Å²) in [6.45, 7) is 6.85. The maximum Gasteiger partial charge on any atom is 0.123 e. The van der Waals surface area contributed by atoms with E-state index in [2.05, 4.69) is 18.0 Å². The van der Waals surface area contributed by atoms with Crippen LogP contribution in [0.2, 0.25) is 0 Å². The van der Waals surface area contributed by atoms with Gasteiger partial charge in [0, 0.05) is 50.3 Å². The van der Waals surface area contributed by atoms with Crippen LogP contribution in [0.1, 0.15) is 26.7 Å². The fourth-order valence-electron chi connectivity index (χ4n) is 2.59. The van der Waals surface area contributed by atoms with E-state index in [4.69, 9.17) is 15.2 Å². The lowest BCUT2D eigenvalue weighted by atomic mass is 9.99. The van der Waals surface area contributed by atoms with Crippen LogP contribution in [0.25, 0.3) is 0 Å². The zero-order valence-corrected chi connectivity index (χ0v) is 12.8. The molecule has 0 saturated carbocycles. The minimum Gasteiger partial charge on any atom is -0.491 e. The van der Waals surface area contributed by atoms with Gasteiger partial charge in [-0.1, -0.05) is 0 Å². The van der Waals surface area contributed by atoms with Crippen LogP contribution in [0.15, 0.2) is 18.2 Å². The van der Waals surface area contributed by atoms with Gasteiger partial charge >= 0.3 is 0 Å². The highest BCUT2D eigenvalue weighted by molar-refractivity contribution is 5.60. The molecular weight excluding hydrogens is 252 g/mol. The zero-order chi connectivity index (χ0) is 14.5. The summed E-state index contributed by atoms with van der Waals surface area (Å²) < 4.78 is 11.2. The molecule has 1 aliphatic heterocycles. The molecule has 0 unspecified atom stereocenters. The van der Waals surface area contributed by atoms with E-state index >= 15 is 0 Å². The Morgan fingerprint density at radius 3 is 2.65 bits per heavy atom. The maximum absolute atomic E-state index is 5.98. The first-order chi connectivity index (χ1) is 9.54. The topological polar surface area (TPSA) is 47.7 Å². The highest BCUT2D eigenvalue weighted by atomic mass is 16.5. The van der Waals surface area contributed by atoms with Gasteiger partial charge in [-0.25, -0.2) is 0 Å². The Morgan fingerprint density at radius 2 is 2.00 bits per heavy atom. The van der Waals surface area contributed by atoms with Crippen molar-refractivity contribution in [1.82, 2.24) is 0 Å². The lowest BCUT2D eigenvalue weighted by Crippen LogP contribution is -2.29. The monoisotopic (exact) mass is 278 g/mol. The molecular formula is C16H26N2O2. The van der Waals surface area contributed by atoms with Gasteiger partial charge in [-0.05, 0) is 38.7 Å². The number of benzene rings is 1. The molecule has 1 saturated heterocycles. The third-order valence-corrected chi connectivity index (χ3v) is 3.60. The van der Waals surface area contributed by atoms with E-state index in [0.29, 0.717) is 5.92 Å². The molecule has 1 fully saturated rings. The average Bonchev–Trinajstić information content (AvgIpc) is 2.38. The standard InChI is InChI=1S/C16H26N2O2/c1-12(2)20-16-9-14(17)8-15(10-16)18(3)11-13-4-6-19-7-5-13/h8-10,12-13H,4-7,11,17H2,1-3H3. The summed E-state index contributed by atoms with van der Waals surface area (Å²) in [5, 5.41) is 0. The van der Waals surface area contributed by atoms with Gasteiger partial charge in [0.1, 0.15) is 5.75 Å². The molecule has 112 valence electrons. The molecule has 0 aliphatic carbocycles. The van der Waals surface area contributed by atoms with E-state index in [1.165, 1.54) is 0 Å². The predicted octanol–water partition coefficient (Wildman–Crippen LogP) is 2.92. The van der Waals surface area contributed by atoms with Gasteiger partial charge in [0.15, 0.2) is 0 Å². The van der Waals surface area contributed by atoms with E-state index in [9.17, 15) is 0 Å². The lowest BCUT2D eigenvalue weighted by Gasteiger charge is -2.29. The van der Waals surface area contributed by atoms with Crippen LogP contribution < -0.4 is 15.4 Å². The van der Waals surface area contributed by atoms with Crippen molar-refractivity contribution in [3.8, 4) is 5.75 Å². The SMILES string of the molecule is CC(C)Oc1cc(N)cc(N(C)CC2CCOCC2)c1. The highest BCUT2D eigenvalue weighted by Crippen LogP contribution is 2.27. The molecule has 4 heteroatoms. The molecule has 1 heterocycles. The van der Waals surface area contributed by atoms with Crippen molar-refractivity contribution in [3.05, 3.63) is 18.2 Å². The van der Waals surface area contributed by atoms with Gasteiger partial charge in [0.25, 0.3) is 0 Å². The van der Waals surface area contributed by atoms with Gasteiger partial charge in [-0.3, -0.25) is 0 Å². The fourth-order valence-corrected chi connectivity index (χ4v) is 2.59. The number of rotatable bonds is 5. The van der Waals surface area contributed by atoms with Crippen LogP contribution in [-0.4, -0.2) is 32.9 Å². The smallest absolute Gasteiger partial charge is 0.123 e. The first-order valence-electron chi connectivity index (χ1n) is 7.40. The van der Waals surface area contributed by atoms with Crippen molar-refractivity contribution in [1.29, 1.82) is 0 Å². The lowest BCUT2D eigenvalue weighted by molar-refractivity contribution is 0.0685. The summed E-state index contributed by atoms with van der Waals surface area (Å²) in [5.41, 5.74) is 7.84. The zero-order valence-electron chi connectivity index (χ0n) is 12.8. The second kappa shape index (κ2) is 6.84. The third kappa shape index (κ3) is 4.30. The molecule has 0 atom stereocenters. The minimum atomic E-state index is 0.158. The molecule has 4 nitrogen and oxygen atoms in total. The van der Waals surface area contributed by atoms with E-state index < -0.39 is 0 Å². The van der Waals surface area contributed by atoms with Crippen molar-refractivity contribution in [2.45, 2.75) is 32.8 Å². The summed E-state index contributed by atoms with van der Waals surface area (Å²) in [5.74, 6) is 1.54. The number of nitrogens with two attached hydrogens (primary N) is 1. The molecule has 0 bridgehead atoms. The molecule has 0 spiro atoms. The molecule has 20 heavy (non-hydrogen) atoms.